The van der Waals surface area contributed by atoms with Gasteiger partial charge >= 0.3 is 18.3 Å². The minimum atomic E-state index is -0.907. The van der Waals surface area contributed by atoms with Gasteiger partial charge in [-0.15, -0.1) is 0 Å². The number of ether oxygens (including phenoxy) is 12. The molecule has 0 fully saturated rings. The van der Waals surface area contributed by atoms with Crippen molar-refractivity contribution in [2.24, 2.45) is 17.2 Å². The summed E-state index contributed by atoms with van der Waals surface area (Å²) in [4.78, 5) is 148. The quantitative estimate of drug-likeness (QED) is 0.00959. The standard InChI is InChI=1S/C37H53N5O9.C34H47N3O8.C27H35N3O7/c1-3-4-19-49-21-16-39-33(43)8-5-10-35(45)41-26-12-14-28-29-15-13-27(24-31(29)32(30(28)23-26)25-51-37(38)47)42-36(46)11-6-9-34(44)40-17-22-50-20-7-18-48-2;1-3-4-18-44-21-16-36-31(39)12-6-13-32(40)37-24-14-15-26-28(22-24)29(23-45-34(35)41)25-9-5-10-27(33(25)26)30(38)11-7-19-43-20-8-17-42-2;1-3-4-11-35-16-25(31)29-18-6-8-20-21-9-7-19(30-26(32)17-36-12-5-10-34-2)14-23(21)24(22(20)13-18)15-37-27(28)33/h12-15,23-24,32H,3-11,16-22,25H2,1-2H3,(H2,38,47)(H,39,43)(H,40,44)(H,41,45)(H,42,46);5,9-10,14-15,22,29H,3-4,6-8,11-13,16-21,23H2,1-2H3,(H2,35,41)(H,36,39)(H,37,40);6-9,13-14,24H,3-5,10-12,15-17H2,1-2H3,(H2,28,33)(H,29,31)(H,30,32)/i/hD3. The van der Waals surface area contributed by atoms with Crippen LogP contribution in [0.25, 0.3) is 33.4 Å². The number of rotatable bonds is 62. The van der Waals surface area contributed by atoms with Crippen molar-refractivity contribution in [2.45, 2.75) is 167 Å². The molecule has 0 bridgehead atoms. The van der Waals surface area contributed by atoms with E-state index in [0.717, 1.165) is 118 Å². The first-order valence-electron chi connectivity index (χ1n) is 47.2. The number of benzene rings is 6. The molecule has 0 aliphatic heterocycles. The summed E-state index contributed by atoms with van der Waals surface area (Å²) < 4.78 is 84.6. The van der Waals surface area contributed by atoms with Gasteiger partial charge in [0.15, 0.2) is 10.0 Å². The number of nitrogens with two attached hydrogens (primary N) is 3. The van der Waals surface area contributed by atoms with Crippen LogP contribution in [0.5, 0.6) is 0 Å². The lowest BCUT2D eigenvalue weighted by atomic mass is 9.93. The zero-order chi connectivity index (χ0) is 98.0. The fourth-order valence-corrected chi connectivity index (χ4v) is 15.0. The first-order chi connectivity index (χ1) is 66.1. The Bertz CT molecular complexity index is 4820. The lowest BCUT2D eigenvalue weighted by Gasteiger charge is -2.15. The maximum Gasteiger partial charge on any atom is 0.404 e. The molecule has 0 heterocycles. The largest absolute Gasteiger partial charge is 0.449 e. The van der Waals surface area contributed by atoms with Crippen LogP contribution < -0.4 is 59.7 Å². The number of anilines is 5. The number of unbranched alkanes of at least 4 members (excludes halogenated alkanes) is 3. The lowest BCUT2D eigenvalue weighted by Crippen LogP contribution is -2.27. The number of amides is 11. The van der Waals surface area contributed by atoms with E-state index in [1.807, 2.05) is 78.9 Å². The third-order valence-corrected chi connectivity index (χ3v) is 21.4. The van der Waals surface area contributed by atoms with Crippen molar-refractivity contribution in [3.63, 3.8) is 0 Å². The van der Waals surface area contributed by atoms with E-state index in [1.54, 1.807) is 68.8 Å². The molecule has 11 amide bonds. The number of Topliss-reactive ketones (excluding diaryl/α,β-unsaturated/α-hetero) is 1. The highest BCUT2D eigenvalue weighted by Crippen LogP contribution is 2.50. The number of ketones is 1. The Balaban J connectivity index is 0.000000281. The molecule has 9 rings (SSSR count). The van der Waals surface area contributed by atoms with Crippen LogP contribution in [0.1, 0.15) is 211 Å². The van der Waals surface area contributed by atoms with Gasteiger partial charge < -0.3 is 117 Å². The summed E-state index contributed by atoms with van der Waals surface area (Å²) in [5.41, 5.74) is 18.7. The first-order valence-corrected chi connectivity index (χ1v) is 45.7. The summed E-state index contributed by atoms with van der Waals surface area (Å²) in [6, 6.07) is 33.0. The number of fused-ring (bicyclic) bond motifs is 9. The van der Waals surface area contributed by atoms with E-state index in [4.69, 9.17) is 61.1 Å². The second-order valence-electron chi connectivity index (χ2n) is 31.8. The molecular weight excluding hydrogens is 1720 g/mol. The van der Waals surface area contributed by atoms with E-state index in [9.17, 15) is 57.5 Å². The van der Waals surface area contributed by atoms with Crippen LogP contribution in [-0.4, -0.2) is 231 Å². The van der Waals surface area contributed by atoms with E-state index in [-0.39, 0.29) is 131 Å². The fourth-order valence-electron chi connectivity index (χ4n) is 15.0. The Morgan fingerprint density at radius 2 is 0.594 bits per heavy atom. The van der Waals surface area contributed by atoms with Crippen molar-refractivity contribution in [3.8, 4) is 33.4 Å². The highest BCUT2D eigenvalue weighted by molar-refractivity contribution is 6.05. The number of nitrogens with one attached hydrogen (secondary N) is 8. The minimum absolute atomic E-state index is 0.0146. The van der Waals surface area contributed by atoms with Gasteiger partial charge in [0.1, 0.15) is 33.0 Å². The highest BCUT2D eigenvalue weighted by Gasteiger charge is 2.36. The molecule has 726 valence electrons. The van der Waals surface area contributed by atoms with Gasteiger partial charge in [0.2, 0.25) is 47.3 Å². The van der Waals surface area contributed by atoms with Gasteiger partial charge in [-0.25, -0.2) is 14.4 Å². The van der Waals surface area contributed by atoms with E-state index in [0.29, 0.717) is 178 Å². The second-order valence-corrected chi connectivity index (χ2v) is 31.8. The van der Waals surface area contributed by atoms with Crippen LogP contribution in [0.4, 0.5) is 42.8 Å². The van der Waals surface area contributed by atoms with Crippen molar-refractivity contribution in [1.82, 2.24) is 16.0 Å². The summed E-state index contributed by atoms with van der Waals surface area (Å²) in [6.45, 7) is 14.3. The highest BCUT2D eigenvalue weighted by atomic mass is 16.6. The number of methoxy groups -OCH3 is 3. The number of hydrogen-bond donors (Lipinski definition) is 11. The molecule has 14 N–H and O–H groups in total. The fraction of sp³-hybridized carbons (Fsp3) is 0.510. The monoisotopic (exact) mass is 1850 g/mol. The molecule has 3 unspecified atom stereocenters. The molecule has 0 radical (unpaired) electrons. The van der Waals surface area contributed by atoms with Crippen LogP contribution >= 0.6 is 0 Å². The Kier molecular flexibility index (Phi) is 48.0. The van der Waals surface area contributed by atoms with Crippen LogP contribution in [0, 0.1) is 0 Å². The van der Waals surface area contributed by atoms with E-state index < -0.39 is 30.1 Å². The molecule has 3 aliphatic carbocycles. The lowest BCUT2D eigenvalue weighted by molar-refractivity contribution is -0.122. The molecule has 35 nitrogen and oxygen atoms in total. The molecule has 0 spiro atoms. The molecule has 133 heavy (non-hydrogen) atoms. The molecule has 0 saturated heterocycles. The average molecular weight is 1850 g/mol. The number of carbonyl (C=O) groups is 12. The SMILES string of the molecule is [2H]NC(=O)OCC1c2cc(NC(=O)CCCC(=O)NCCOCCCC)ccc2-c2c(C(=O)CCCOCCCOC)cccc21.[2H]NC(=O)OCC1c2cc(NC(=O)CCCC(=O)NCCOCCCC)ccc2-c2ccc(NC(=O)CCCC(=O)NCCOCCCOC)cc21.[2H]NC(=O)OCC1c2cc(NC(=O)COCCCC)ccc2-c2ccc(NC(=O)COCCCOC)cc21. The third kappa shape index (κ3) is 39.1. The van der Waals surface area contributed by atoms with Crippen LogP contribution in [0.2, 0.25) is 4.24 Å². The second kappa shape index (κ2) is 61.8. The smallest absolute Gasteiger partial charge is 0.404 e. The summed E-state index contributed by atoms with van der Waals surface area (Å²) in [5, 5.41) is 22.7. The van der Waals surface area contributed by atoms with Crippen molar-refractivity contribution in [1.29, 1.82) is 0 Å². The Labute approximate surface area is 782 Å². The molecule has 0 saturated carbocycles. The molecule has 6 aromatic carbocycles. The van der Waals surface area contributed by atoms with Crippen molar-refractivity contribution in [3.05, 3.63) is 148 Å². The topological polar surface area (TPSA) is 490 Å². The average Bonchev–Trinajstić information content (AvgIpc) is 1.65. The normalized spacial score (nSPS) is 13.3. The number of primary amides is 3. The van der Waals surface area contributed by atoms with Crippen LogP contribution in [0.3, 0.4) is 0 Å². The summed E-state index contributed by atoms with van der Waals surface area (Å²) in [6.07, 6.45) is 8.77. The zero-order valence-electron chi connectivity index (χ0n) is 80.4. The van der Waals surface area contributed by atoms with E-state index >= 15 is 0 Å². The first kappa shape index (κ1) is 103. The Hall–Kier alpha value is -11.8. The maximum absolute atomic E-state index is 13.4. The van der Waals surface area contributed by atoms with Gasteiger partial charge in [0.25, 0.3) is 0 Å². The van der Waals surface area contributed by atoms with Crippen LogP contribution in [-0.2, 0) is 95.2 Å². The molecule has 6 aromatic rings. The number of hydrogen-bond acceptors (Lipinski definition) is 24. The predicted octanol–water partition coefficient (Wildman–Crippen LogP) is 12.8. The van der Waals surface area contributed by atoms with Gasteiger partial charge in [-0.05, 0) is 192 Å². The Morgan fingerprint density at radius 1 is 0.301 bits per heavy atom. The summed E-state index contributed by atoms with van der Waals surface area (Å²) in [5.74, 6) is -2.87. The zero-order valence-corrected chi connectivity index (χ0v) is 77.4. The van der Waals surface area contributed by atoms with Crippen molar-refractivity contribution < 1.29 is 119 Å². The molecule has 35 heteroatoms. The van der Waals surface area contributed by atoms with Crippen LogP contribution in [0.15, 0.2) is 109 Å². The Morgan fingerprint density at radius 3 is 0.940 bits per heavy atom. The van der Waals surface area contributed by atoms with Gasteiger partial charge in [-0.1, -0.05) is 88.6 Å². The summed E-state index contributed by atoms with van der Waals surface area (Å²) >= 11 is 0. The maximum atomic E-state index is 13.4. The third-order valence-electron chi connectivity index (χ3n) is 21.4. The molecular formula is C98H135N11O24. The van der Waals surface area contributed by atoms with Gasteiger partial charge in [0, 0.05) is 204 Å². The van der Waals surface area contributed by atoms with Crippen molar-refractivity contribution in [2.75, 3.05) is 186 Å². The van der Waals surface area contributed by atoms with E-state index in [1.165, 1.54) is 0 Å². The number of carbonyl (C=O) groups excluding carboxylic acids is 12. The van der Waals surface area contributed by atoms with Gasteiger partial charge in [-0.2, -0.15) is 0 Å². The van der Waals surface area contributed by atoms with Crippen molar-refractivity contribution >= 4 is 99.8 Å². The molecule has 3 aliphatic rings. The molecule has 3 atom stereocenters. The predicted molar refractivity (Wildman–Crippen MR) is 504 cm³/mol. The van der Waals surface area contributed by atoms with Gasteiger partial charge in [-0.3, -0.25) is 43.2 Å². The van der Waals surface area contributed by atoms with Gasteiger partial charge in [0.05, 0.1) is 19.8 Å². The van der Waals surface area contributed by atoms with E-state index in [2.05, 4.69) is 63.3 Å². The summed E-state index contributed by atoms with van der Waals surface area (Å²) in [7, 11) is 4.88. The minimum Gasteiger partial charge on any atom is -0.449 e. The molecule has 0 aromatic heterocycles.